The number of phenolic OH excluding ortho intramolecular Hbond substituents is 1. The number of nitrogens with one attached hydrogen (secondary N) is 1. The highest BCUT2D eigenvalue weighted by molar-refractivity contribution is 5.96. The van der Waals surface area contributed by atoms with Crippen molar-refractivity contribution in [2.45, 2.75) is 13.3 Å². The molecular weight excluding hydrogens is 266 g/mol. The number of rotatable bonds is 5. The highest BCUT2D eigenvalue weighted by Crippen LogP contribution is 2.18. The van der Waals surface area contributed by atoms with Crippen LogP contribution in [0.25, 0.3) is 0 Å². The van der Waals surface area contributed by atoms with Crippen molar-refractivity contribution < 1.29 is 14.6 Å². The van der Waals surface area contributed by atoms with E-state index < -0.39 is 0 Å². The van der Waals surface area contributed by atoms with Gasteiger partial charge in [-0.25, -0.2) is 0 Å². The molecule has 2 aromatic carbocycles. The minimum Gasteiger partial charge on any atom is -0.507 e. The molecule has 0 aliphatic heterocycles. The van der Waals surface area contributed by atoms with E-state index in [0.29, 0.717) is 12.1 Å². The lowest BCUT2D eigenvalue weighted by Crippen LogP contribution is -2.25. The number of ether oxygens (including phenoxy) is 1. The summed E-state index contributed by atoms with van der Waals surface area (Å²) < 4.78 is 5.10. The number of benzene rings is 2. The minimum atomic E-state index is -0.260. The van der Waals surface area contributed by atoms with Gasteiger partial charge in [-0.15, -0.1) is 0 Å². The Bertz CT molecular complexity index is 620. The second kappa shape index (κ2) is 6.79. The summed E-state index contributed by atoms with van der Waals surface area (Å²) in [6.45, 7) is 2.39. The van der Waals surface area contributed by atoms with E-state index in [1.807, 2.05) is 31.2 Å². The van der Waals surface area contributed by atoms with Gasteiger partial charge in [0.2, 0.25) is 0 Å². The summed E-state index contributed by atoms with van der Waals surface area (Å²) >= 11 is 0. The predicted octanol–water partition coefficient (Wildman–Crippen LogP) is 2.68. The summed E-state index contributed by atoms with van der Waals surface area (Å²) in [5.41, 5.74) is 2.36. The average molecular weight is 285 g/mol. The second-order valence-electron chi connectivity index (χ2n) is 4.87. The molecule has 0 fully saturated rings. The number of aromatic hydroxyl groups is 1. The number of aryl methyl sites for hydroxylation is 1. The first-order valence-corrected chi connectivity index (χ1v) is 6.81. The summed E-state index contributed by atoms with van der Waals surface area (Å²) in [5.74, 6) is 0.555. The van der Waals surface area contributed by atoms with E-state index in [-0.39, 0.29) is 11.7 Å². The molecule has 4 heteroatoms. The maximum absolute atomic E-state index is 12.0. The molecule has 0 saturated heterocycles. The quantitative estimate of drug-likeness (QED) is 0.888. The Morgan fingerprint density at radius 3 is 2.57 bits per heavy atom. The van der Waals surface area contributed by atoms with Gasteiger partial charge in [-0.1, -0.05) is 23.8 Å². The van der Waals surface area contributed by atoms with Gasteiger partial charge in [0, 0.05) is 6.54 Å². The smallest absolute Gasteiger partial charge is 0.255 e. The fourth-order valence-corrected chi connectivity index (χ4v) is 2.04. The standard InChI is InChI=1S/C17H19NO3/c1-12-3-8-16(19)15(11-12)17(20)18-10-9-13-4-6-14(21-2)7-5-13/h3-8,11,19H,9-10H2,1-2H3,(H,18,20). The van der Waals surface area contributed by atoms with Gasteiger partial charge in [0.1, 0.15) is 11.5 Å². The number of hydrogen-bond acceptors (Lipinski definition) is 3. The van der Waals surface area contributed by atoms with E-state index in [0.717, 1.165) is 23.3 Å². The number of phenols is 1. The Labute approximate surface area is 124 Å². The normalized spacial score (nSPS) is 10.2. The van der Waals surface area contributed by atoms with Crippen molar-refractivity contribution in [1.82, 2.24) is 5.32 Å². The van der Waals surface area contributed by atoms with Crippen molar-refractivity contribution in [2.75, 3.05) is 13.7 Å². The lowest BCUT2D eigenvalue weighted by molar-refractivity contribution is 0.0951. The largest absolute Gasteiger partial charge is 0.507 e. The molecule has 0 aliphatic carbocycles. The van der Waals surface area contributed by atoms with Crippen molar-refractivity contribution in [1.29, 1.82) is 0 Å². The van der Waals surface area contributed by atoms with E-state index >= 15 is 0 Å². The van der Waals surface area contributed by atoms with Crippen LogP contribution in [0.15, 0.2) is 42.5 Å². The third-order valence-corrected chi connectivity index (χ3v) is 3.25. The first-order valence-electron chi connectivity index (χ1n) is 6.81. The second-order valence-corrected chi connectivity index (χ2v) is 4.87. The van der Waals surface area contributed by atoms with Gasteiger partial charge in [0.15, 0.2) is 0 Å². The Balaban J connectivity index is 1.90. The van der Waals surface area contributed by atoms with Gasteiger partial charge in [0.05, 0.1) is 12.7 Å². The third-order valence-electron chi connectivity index (χ3n) is 3.25. The van der Waals surface area contributed by atoms with Crippen molar-refractivity contribution in [3.63, 3.8) is 0 Å². The predicted molar refractivity (Wildman–Crippen MR) is 81.9 cm³/mol. The molecule has 2 aromatic rings. The SMILES string of the molecule is COc1ccc(CCNC(=O)c2cc(C)ccc2O)cc1. The molecular formula is C17H19NO3. The van der Waals surface area contributed by atoms with Crippen molar-refractivity contribution in [3.05, 3.63) is 59.2 Å². The topological polar surface area (TPSA) is 58.6 Å². The summed E-state index contributed by atoms with van der Waals surface area (Å²) in [6, 6.07) is 12.7. The van der Waals surface area contributed by atoms with E-state index in [1.165, 1.54) is 6.07 Å². The van der Waals surface area contributed by atoms with E-state index in [2.05, 4.69) is 5.32 Å². The summed E-state index contributed by atoms with van der Waals surface area (Å²) in [4.78, 5) is 12.0. The van der Waals surface area contributed by atoms with Crippen LogP contribution in [0.5, 0.6) is 11.5 Å². The van der Waals surface area contributed by atoms with Crippen LogP contribution in [0.2, 0.25) is 0 Å². The molecule has 0 atom stereocenters. The molecule has 21 heavy (non-hydrogen) atoms. The molecule has 0 spiro atoms. The van der Waals surface area contributed by atoms with Crippen LogP contribution in [0.3, 0.4) is 0 Å². The summed E-state index contributed by atoms with van der Waals surface area (Å²) in [7, 11) is 1.63. The molecule has 0 radical (unpaired) electrons. The molecule has 0 heterocycles. The number of hydrogen-bond donors (Lipinski definition) is 2. The summed E-state index contributed by atoms with van der Waals surface area (Å²) in [6.07, 6.45) is 0.725. The third kappa shape index (κ3) is 3.99. The van der Waals surface area contributed by atoms with Gasteiger partial charge < -0.3 is 15.2 Å². The van der Waals surface area contributed by atoms with E-state index in [9.17, 15) is 9.90 Å². The number of carbonyl (C=O) groups is 1. The number of carbonyl (C=O) groups excluding carboxylic acids is 1. The van der Waals surface area contributed by atoms with Crippen LogP contribution < -0.4 is 10.1 Å². The Morgan fingerprint density at radius 2 is 1.90 bits per heavy atom. The van der Waals surface area contributed by atoms with Crippen molar-refractivity contribution >= 4 is 5.91 Å². The molecule has 0 bridgehead atoms. The molecule has 4 nitrogen and oxygen atoms in total. The highest BCUT2D eigenvalue weighted by Gasteiger charge is 2.10. The van der Waals surface area contributed by atoms with Gasteiger partial charge in [-0.2, -0.15) is 0 Å². The fraction of sp³-hybridized carbons (Fsp3) is 0.235. The molecule has 1 amide bonds. The summed E-state index contributed by atoms with van der Waals surface area (Å²) in [5, 5.41) is 12.5. The molecule has 2 N–H and O–H groups in total. The zero-order valence-corrected chi connectivity index (χ0v) is 12.2. The molecule has 110 valence electrons. The highest BCUT2D eigenvalue weighted by atomic mass is 16.5. The van der Waals surface area contributed by atoms with E-state index in [1.54, 1.807) is 19.2 Å². The first kappa shape index (κ1) is 14.9. The zero-order valence-electron chi connectivity index (χ0n) is 12.2. The number of amides is 1. The lowest BCUT2D eigenvalue weighted by atomic mass is 10.1. The van der Waals surface area contributed by atoms with Gasteiger partial charge in [-0.3, -0.25) is 4.79 Å². The zero-order chi connectivity index (χ0) is 15.2. The first-order chi connectivity index (χ1) is 10.1. The van der Waals surface area contributed by atoms with Gasteiger partial charge in [0.25, 0.3) is 5.91 Å². The fourth-order valence-electron chi connectivity index (χ4n) is 2.04. The van der Waals surface area contributed by atoms with Crippen LogP contribution in [-0.4, -0.2) is 24.7 Å². The lowest BCUT2D eigenvalue weighted by Gasteiger charge is -2.08. The van der Waals surface area contributed by atoms with Crippen LogP contribution in [0.1, 0.15) is 21.5 Å². The van der Waals surface area contributed by atoms with Crippen molar-refractivity contribution in [3.8, 4) is 11.5 Å². The van der Waals surface area contributed by atoms with Crippen LogP contribution in [0.4, 0.5) is 0 Å². The Hall–Kier alpha value is -2.49. The molecule has 0 aliphatic rings. The maximum Gasteiger partial charge on any atom is 0.255 e. The minimum absolute atomic E-state index is 0.00236. The molecule has 0 unspecified atom stereocenters. The number of methoxy groups -OCH3 is 1. The van der Waals surface area contributed by atoms with Crippen LogP contribution in [-0.2, 0) is 6.42 Å². The molecule has 0 saturated carbocycles. The van der Waals surface area contributed by atoms with Crippen LogP contribution >= 0.6 is 0 Å². The molecule has 0 aromatic heterocycles. The Morgan fingerprint density at radius 1 is 1.19 bits per heavy atom. The monoisotopic (exact) mass is 285 g/mol. The average Bonchev–Trinajstić information content (AvgIpc) is 2.50. The van der Waals surface area contributed by atoms with Crippen molar-refractivity contribution in [2.24, 2.45) is 0 Å². The Kier molecular flexibility index (Phi) is 4.82. The molecule has 2 rings (SSSR count). The van der Waals surface area contributed by atoms with E-state index in [4.69, 9.17) is 4.74 Å². The van der Waals surface area contributed by atoms with Gasteiger partial charge in [-0.05, 0) is 43.2 Å². The maximum atomic E-state index is 12.0. The van der Waals surface area contributed by atoms with Gasteiger partial charge >= 0.3 is 0 Å². The van der Waals surface area contributed by atoms with Crippen LogP contribution in [0, 0.1) is 6.92 Å².